The maximum absolute atomic E-state index is 13.1. The van der Waals surface area contributed by atoms with Gasteiger partial charge < -0.3 is 0 Å². The molecule has 1 rings (SSSR count). The Balaban J connectivity index is 3.69. The molecule has 0 aromatic carbocycles. The van der Waals surface area contributed by atoms with Crippen LogP contribution in [-0.2, 0) is 10.0 Å². The van der Waals surface area contributed by atoms with Crippen LogP contribution in [0.1, 0.15) is 12.1 Å². The number of nitrogens with zero attached hydrogens (tertiary/aromatic N) is 2. The second-order valence-electron chi connectivity index (χ2n) is 2.79. The molecule has 0 atom stereocenters. The van der Waals surface area contributed by atoms with Gasteiger partial charge in [0.15, 0.2) is 0 Å². The first-order chi connectivity index (χ1) is 7.64. The summed E-state index contributed by atoms with van der Waals surface area (Å²) in [5.74, 6) is -1.75. The zero-order valence-corrected chi connectivity index (χ0v) is 8.62. The molecule has 7 nitrogen and oxygen atoms in total. The molecule has 0 amide bonds. The van der Waals surface area contributed by atoms with Crippen LogP contribution in [0.3, 0.4) is 0 Å². The summed E-state index contributed by atoms with van der Waals surface area (Å²) in [6.07, 6.45) is -3.29. The Hall–Kier alpha value is -1.75. The van der Waals surface area contributed by atoms with Crippen LogP contribution < -0.4 is 5.14 Å². The molecule has 0 bridgehead atoms. The zero-order chi connectivity index (χ0) is 13.4. The zero-order valence-electron chi connectivity index (χ0n) is 7.80. The smallest absolute Gasteiger partial charge is 0.258 e. The lowest BCUT2D eigenvalue weighted by Gasteiger charge is -2.04. The lowest BCUT2D eigenvalue weighted by atomic mass is 10.3. The number of nitrogens with two attached hydrogens (primary N) is 1. The highest BCUT2D eigenvalue weighted by Gasteiger charge is 2.32. The van der Waals surface area contributed by atoms with E-state index >= 15 is 0 Å². The van der Waals surface area contributed by atoms with Gasteiger partial charge >= 0.3 is 5.69 Å². The molecule has 0 saturated carbocycles. The van der Waals surface area contributed by atoms with Gasteiger partial charge in [0.05, 0.1) is 4.92 Å². The first kappa shape index (κ1) is 13.3. The molecule has 0 aliphatic heterocycles. The fourth-order valence-electron chi connectivity index (χ4n) is 0.978. The number of nitro groups is 1. The average molecular weight is 271 g/mol. The SMILES string of the molecule is NS(=O)(=O)c1nc(C(F)F)cc(F)c1[N+](=O)[O-]. The molecule has 17 heavy (non-hydrogen) atoms. The van der Waals surface area contributed by atoms with Crippen molar-refractivity contribution in [1.29, 1.82) is 0 Å². The molecule has 0 aliphatic carbocycles. The van der Waals surface area contributed by atoms with Crippen LogP contribution in [0, 0.1) is 15.9 Å². The molecule has 2 N–H and O–H groups in total. The second kappa shape index (κ2) is 4.25. The molecule has 1 aromatic heterocycles. The predicted octanol–water partition coefficient (Wildman–Crippen LogP) is 0.714. The van der Waals surface area contributed by atoms with Crippen molar-refractivity contribution in [2.75, 3.05) is 0 Å². The number of primary sulfonamides is 1. The summed E-state index contributed by atoms with van der Waals surface area (Å²) in [5, 5.41) is 13.4. The Morgan fingerprint density at radius 2 is 2.00 bits per heavy atom. The van der Waals surface area contributed by atoms with Crippen LogP contribution in [0.15, 0.2) is 11.1 Å². The van der Waals surface area contributed by atoms with Gasteiger partial charge in [-0.1, -0.05) is 0 Å². The third kappa shape index (κ3) is 2.68. The molecular formula is C6H4F3N3O4S. The van der Waals surface area contributed by atoms with Crippen LogP contribution >= 0.6 is 0 Å². The van der Waals surface area contributed by atoms with Crippen LogP contribution in [0.2, 0.25) is 0 Å². The van der Waals surface area contributed by atoms with Gasteiger partial charge in [0.25, 0.3) is 21.5 Å². The number of halogens is 3. The third-order valence-corrected chi connectivity index (χ3v) is 2.43. The maximum atomic E-state index is 13.1. The lowest BCUT2D eigenvalue weighted by molar-refractivity contribution is -0.391. The van der Waals surface area contributed by atoms with Crippen molar-refractivity contribution in [2.45, 2.75) is 11.5 Å². The van der Waals surface area contributed by atoms with E-state index in [4.69, 9.17) is 0 Å². The number of sulfonamides is 1. The minimum Gasteiger partial charge on any atom is -0.258 e. The van der Waals surface area contributed by atoms with E-state index < -0.39 is 43.6 Å². The summed E-state index contributed by atoms with van der Waals surface area (Å²) in [4.78, 5) is 11.8. The fraction of sp³-hybridized carbons (Fsp3) is 0.167. The number of alkyl halides is 2. The van der Waals surface area contributed by atoms with Crippen molar-refractivity contribution < 1.29 is 26.5 Å². The fourth-order valence-corrected chi connectivity index (χ4v) is 1.65. The van der Waals surface area contributed by atoms with E-state index in [0.29, 0.717) is 0 Å². The van der Waals surface area contributed by atoms with Gasteiger partial charge in [-0.3, -0.25) is 10.1 Å². The van der Waals surface area contributed by atoms with E-state index in [-0.39, 0.29) is 6.07 Å². The Morgan fingerprint density at radius 3 is 2.35 bits per heavy atom. The molecular weight excluding hydrogens is 267 g/mol. The summed E-state index contributed by atoms with van der Waals surface area (Å²) in [5.41, 5.74) is -2.81. The summed E-state index contributed by atoms with van der Waals surface area (Å²) in [6, 6.07) is 0.0808. The van der Waals surface area contributed by atoms with Gasteiger partial charge in [-0.05, 0) is 0 Å². The molecule has 0 unspecified atom stereocenters. The number of hydrogen-bond acceptors (Lipinski definition) is 5. The predicted molar refractivity (Wildman–Crippen MR) is 47.2 cm³/mol. The molecule has 0 fully saturated rings. The van der Waals surface area contributed by atoms with E-state index in [1.807, 2.05) is 0 Å². The first-order valence-electron chi connectivity index (χ1n) is 3.80. The Morgan fingerprint density at radius 1 is 1.47 bits per heavy atom. The van der Waals surface area contributed by atoms with Crippen molar-refractivity contribution in [3.8, 4) is 0 Å². The molecule has 0 spiro atoms. The Kier molecular flexibility index (Phi) is 3.33. The van der Waals surface area contributed by atoms with E-state index in [1.54, 1.807) is 0 Å². The largest absolute Gasteiger partial charge is 0.343 e. The minimum absolute atomic E-state index is 0.0808. The quantitative estimate of drug-likeness (QED) is 0.642. The standard InChI is InChI=1S/C6H4F3N3O4S/c7-2-1-3(5(8)9)11-6(17(10,15)16)4(2)12(13)14/h1,5H,(H2,10,15,16). The molecule has 1 aromatic rings. The monoisotopic (exact) mass is 271 g/mol. The van der Waals surface area contributed by atoms with Gasteiger partial charge in [-0.15, -0.1) is 0 Å². The molecule has 0 saturated heterocycles. The Bertz CT molecular complexity index is 574. The van der Waals surface area contributed by atoms with Crippen LogP contribution in [0.25, 0.3) is 0 Å². The molecule has 0 radical (unpaired) electrons. The normalized spacial score (nSPS) is 11.8. The molecule has 0 aliphatic rings. The van der Waals surface area contributed by atoms with E-state index in [2.05, 4.69) is 10.1 Å². The number of aromatic nitrogens is 1. The number of hydrogen-bond donors (Lipinski definition) is 1. The summed E-state index contributed by atoms with van der Waals surface area (Å²) < 4.78 is 59.3. The summed E-state index contributed by atoms with van der Waals surface area (Å²) >= 11 is 0. The third-order valence-electron chi connectivity index (χ3n) is 1.61. The summed E-state index contributed by atoms with van der Waals surface area (Å²) in [7, 11) is -4.78. The molecule has 94 valence electrons. The lowest BCUT2D eigenvalue weighted by Crippen LogP contribution is -2.18. The van der Waals surface area contributed by atoms with Crippen molar-refractivity contribution >= 4 is 15.7 Å². The van der Waals surface area contributed by atoms with Crippen molar-refractivity contribution in [3.63, 3.8) is 0 Å². The molecule has 1 heterocycles. The highest BCUT2D eigenvalue weighted by molar-refractivity contribution is 7.89. The van der Waals surface area contributed by atoms with Gasteiger partial charge in [0, 0.05) is 6.07 Å². The van der Waals surface area contributed by atoms with E-state index in [9.17, 15) is 31.7 Å². The minimum atomic E-state index is -4.78. The summed E-state index contributed by atoms with van der Waals surface area (Å²) in [6.45, 7) is 0. The first-order valence-corrected chi connectivity index (χ1v) is 5.35. The van der Waals surface area contributed by atoms with Crippen LogP contribution in [-0.4, -0.2) is 18.3 Å². The maximum Gasteiger partial charge on any atom is 0.343 e. The highest BCUT2D eigenvalue weighted by atomic mass is 32.2. The van der Waals surface area contributed by atoms with Gasteiger partial charge in [-0.25, -0.2) is 27.3 Å². The van der Waals surface area contributed by atoms with Crippen LogP contribution in [0.5, 0.6) is 0 Å². The van der Waals surface area contributed by atoms with Gasteiger partial charge in [0.2, 0.25) is 5.82 Å². The number of rotatable bonds is 3. The second-order valence-corrected chi connectivity index (χ2v) is 4.26. The van der Waals surface area contributed by atoms with Gasteiger partial charge in [-0.2, -0.15) is 4.39 Å². The van der Waals surface area contributed by atoms with Crippen molar-refractivity contribution in [1.82, 2.24) is 4.98 Å². The Labute approximate surface area is 92.3 Å². The van der Waals surface area contributed by atoms with E-state index in [1.165, 1.54) is 0 Å². The van der Waals surface area contributed by atoms with Crippen LogP contribution in [0.4, 0.5) is 18.9 Å². The van der Waals surface area contributed by atoms with Crippen molar-refractivity contribution in [3.05, 3.63) is 27.7 Å². The topological polar surface area (TPSA) is 116 Å². The van der Waals surface area contributed by atoms with Gasteiger partial charge in [0.1, 0.15) is 5.69 Å². The number of pyridine rings is 1. The average Bonchev–Trinajstić information content (AvgIpc) is 2.14. The van der Waals surface area contributed by atoms with E-state index in [0.717, 1.165) is 0 Å². The molecule has 11 heteroatoms. The highest BCUT2D eigenvalue weighted by Crippen LogP contribution is 2.28. The van der Waals surface area contributed by atoms with Crippen molar-refractivity contribution in [2.24, 2.45) is 5.14 Å².